The molecule has 1 aliphatic rings. The first-order chi connectivity index (χ1) is 9.13. The van der Waals surface area contributed by atoms with E-state index in [2.05, 4.69) is 21.2 Å². The van der Waals surface area contributed by atoms with Gasteiger partial charge in [0.1, 0.15) is 0 Å². The van der Waals surface area contributed by atoms with Crippen molar-refractivity contribution < 1.29 is 4.79 Å². The molecule has 0 saturated carbocycles. The van der Waals surface area contributed by atoms with Gasteiger partial charge in [0.05, 0.1) is 5.02 Å². The Morgan fingerprint density at radius 1 is 1.53 bits per heavy atom. The highest BCUT2D eigenvalue weighted by molar-refractivity contribution is 9.10. The number of hydrogen-bond acceptors (Lipinski definition) is 2. The van der Waals surface area contributed by atoms with E-state index in [0.29, 0.717) is 10.6 Å². The number of likely N-dealkylation sites (tertiary alicyclic amines) is 1. The predicted octanol–water partition coefficient (Wildman–Crippen LogP) is 3.32. The molecule has 5 heteroatoms. The number of carbonyl (C=O) groups is 1. The molecular formula is C14H18BrClN2O. The van der Waals surface area contributed by atoms with E-state index in [-0.39, 0.29) is 11.9 Å². The largest absolute Gasteiger partial charge is 0.334 e. The van der Waals surface area contributed by atoms with Crippen molar-refractivity contribution in [3.05, 3.63) is 33.3 Å². The highest BCUT2D eigenvalue weighted by Crippen LogP contribution is 2.25. The van der Waals surface area contributed by atoms with Gasteiger partial charge in [0, 0.05) is 29.2 Å². The van der Waals surface area contributed by atoms with Gasteiger partial charge < -0.3 is 10.2 Å². The van der Waals surface area contributed by atoms with Crippen LogP contribution in [0, 0.1) is 0 Å². The molecule has 1 saturated heterocycles. The molecule has 1 atom stereocenters. The molecule has 0 spiro atoms. The van der Waals surface area contributed by atoms with Crippen molar-refractivity contribution in [1.29, 1.82) is 0 Å². The lowest BCUT2D eigenvalue weighted by molar-refractivity contribution is 0.0615. The number of amides is 1. The van der Waals surface area contributed by atoms with Crippen LogP contribution >= 0.6 is 27.5 Å². The quantitative estimate of drug-likeness (QED) is 0.911. The third kappa shape index (κ3) is 3.50. The smallest absolute Gasteiger partial charge is 0.254 e. The van der Waals surface area contributed by atoms with Crippen molar-refractivity contribution in [2.24, 2.45) is 0 Å². The Kier molecular flexibility index (Phi) is 5.25. The van der Waals surface area contributed by atoms with Crippen LogP contribution in [0.1, 0.15) is 29.6 Å². The van der Waals surface area contributed by atoms with Crippen LogP contribution in [-0.4, -0.2) is 37.0 Å². The summed E-state index contributed by atoms with van der Waals surface area (Å²) in [5.41, 5.74) is 0.663. The number of nitrogens with zero attached hydrogens (tertiary/aromatic N) is 1. The molecule has 0 bridgehead atoms. The zero-order chi connectivity index (χ0) is 13.8. The molecule has 1 N–H and O–H groups in total. The fourth-order valence-corrected chi connectivity index (χ4v) is 2.94. The van der Waals surface area contributed by atoms with Crippen LogP contribution in [0.15, 0.2) is 22.7 Å². The SMILES string of the molecule is CNCC1CCCCN1C(=O)c1ccc(Br)c(Cl)c1. The minimum absolute atomic E-state index is 0.0781. The molecule has 1 unspecified atom stereocenters. The molecule has 0 radical (unpaired) electrons. The van der Waals surface area contributed by atoms with Crippen LogP contribution < -0.4 is 5.32 Å². The zero-order valence-corrected chi connectivity index (χ0v) is 13.3. The summed E-state index contributed by atoms with van der Waals surface area (Å²) in [7, 11) is 1.92. The number of benzene rings is 1. The summed E-state index contributed by atoms with van der Waals surface area (Å²) >= 11 is 9.41. The number of halogens is 2. The van der Waals surface area contributed by atoms with Crippen molar-refractivity contribution in [2.45, 2.75) is 25.3 Å². The monoisotopic (exact) mass is 344 g/mol. The Morgan fingerprint density at radius 3 is 3.00 bits per heavy atom. The second-order valence-electron chi connectivity index (χ2n) is 4.83. The normalized spacial score (nSPS) is 19.5. The number of rotatable bonds is 3. The molecule has 2 rings (SSSR count). The van der Waals surface area contributed by atoms with Crippen LogP contribution in [0.4, 0.5) is 0 Å². The van der Waals surface area contributed by atoms with Gasteiger partial charge in [0.25, 0.3) is 5.91 Å². The average molecular weight is 346 g/mol. The van der Waals surface area contributed by atoms with Gasteiger partial charge in [-0.15, -0.1) is 0 Å². The molecule has 0 aliphatic carbocycles. The van der Waals surface area contributed by atoms with Crippen molar-refractivity contribution in [3.63, 3.8) is 0 Å². The second kappa shape index (κ2) is 6.73. The highest BCUT2D eigenvalue weighted by Gasteiger charge is 2.27. The molecule has 3 nitrogen and oxygen atoms in total. The van der Waals surface area contributed by atoms with Crippen LogP contribution in [0.3, 0.4) is 0 Å². The number of piperidine rings is 1. The third-order valence-corrected chi connectivity index (χ3v) is 4.73. The maximum atomic E-state index is 12.6. The second-order valence-corrected chi connectivity index (χ2v) is 6.10. The first kappa shape index (κ1) is 14.8. The van der Waals surface area contributed by atoms with Gasteiger partial charge in [0.2, 0.25) is 0 Å². The lowest BCUT2D eigenvalue weighted by atomic mass is 10.0. The highest BCUT2D eigenvalue weighted by atomic mass is 79.9. The fraction of sp³-hybridized carbons (Fsp3) is 0.500. The molecule has 1 aromatic carbocycles. The molecule has 1 aromatic rings. The lowest BCUT2D eigenvalue weighted by Gasteiger charge is -2.35. The lowest BCUT2D eigenvalue weighted by Crippen LogP contribution is -2.48. The first-order valence-electron chi connectivity index (χ1n) is 6.54. The summed E-state index contributed by atoms with van der Waals surface area (Å²) in [6.07, 6.45) is 3.34. The van der Waals surface area contributed by atoms with E-state index in [9.17, 15) is 4.79 Å². The van der Waals surface area contributed by atoms with Gasteiger partial charge in [-0.05, 0) is 60.4 Å². The summed E-state index contributed by atoms with van der Waals surface area (Å²) in [6.45, 7) is 1.68. The summed E-state index contributed by atoms with van der Waals surface area (Å²) < 4.78 is 0.816. The molecule has 1 amide bonds. The van der Waals surface area contributed by atoms with Crippen LogP contribution in [0.2, 0.25) is 5.02 Å². The minimum atomic E-state index is 0.0781. The van der Waals surface area contributed by atoms with E-state index >= 15 is 0 Å². The Bertz CT molecular complexity index is 465. The standard InChI is InChI=1S/C14H18BrClN2O/c1-17-9-11-4-2-3-7-18(11)14(19)10-5-6-12(15)13(16)8-10/h5-6,8,11,17H,2-4,7,9H2,1H3. The van der Waals surface area contributed by atoms with Crippen LogP contribution in [-0.2, 0) is 0 Å². The Labute approximate surface area is 127 Å². The van der Waals surface area contributed by atoms with E-state index < -0.39 is 0 Å². The van der Waals surface area contributed by atoms with E-state index in [4.69, 9.17) is 11.6 Å². The summed E-state index contributed by atoms with van der Waals surface area (Å²) in [5.74, 6) is 0.0781. The number of hydrogen-bond donors (Lipinski definition) is 1. The summed E-state index contributed by atoms with van der Waals surface area (Å²) in [4.78, 5) is 14.5. The Balaban J connectivity index is 2.18. The molecule has 0 aromatic heterocycles. The van der Waals surface area contributed by atoms with Crippen molar-refractivity contribution >= 4 is 33.4 Å². The maximum absolute atomic E-state index is 12.6. The van der Waals surface area contributed by atoms with Gasteiger partial charge in [-0.2, -0.15) is 0 Å². The summed E-state index contributed by atoms with van der Waals surface area (Å²) in [5, 5.41) is 3.74. The zero-order valence-electron chi connectivity index (χ0n) is 11.0. The number of likely N-dealkylation sites (N-methyl/N-ethyl adjacent to an activating group) is 1. The van der Waals surface area contributed by atoms with Crippen molar-refractivity contribution in [3.8, 4) is 0 Å². The fourth-order valence-electron chi connectivity index (χ4n) is 2.51. The van der Waals surface area contributed by atoms with Crippen molar-refractivity contribution in [2.75, 3.05) is 20.1 Å². The van der Waals surface area contributed by atoms with E-state index in [1.54, 1.807) is 6.07 Å². The molecule has 19 heavy (non-hydrogen) atoms. The number of nitrogens with one attached hydrogen (secondary N) is 1. The number of carbonyl (C=O) groups excluding carboxylic acids is 1. The molecule has 1 fully saturated rings. The van der Waals surface area contributed by atoms with Gasteiger partial charge in [0.15, 0.2) is 0 Å². The summed E-state index contributed by atoms with van der Waals surface area (Å²) in [6, 6.07) is 5.67. The van der Waals surface area contributed by atoms with E-state index in [0.717, 1.165) is 30.4 Å². The van der Waals surface area contributed by atoms with Gasteiger partial charge in [-0.3, -0.25) is 4.79 Å². The Morgan fingerprint density at radius 2 is 2.32 bits per heavy atom. The molecule has 104 valence electrons. The van der Waals surface area contributed by atoms with Gasteiger partial charge >= 0.3 is 0 Å². The average Bonchev–Trinajstić information content (AvgIpc) is 2.42. The molecular weight excluding hydrogens is 328 g/mol. The van der Waals surface area contributed by atoms with E-state index in [1.807, 2.05) is 24.1 Å². The minimum Gasteiger partial charge on any atom is -0.334 e. The van der Waals surface area contributed by atoms with Gasteiger partial charge in [-0.25, -0.2) is 0 Å². The Hall–Kier alpha value is -0.580. The van der Waals surface area contributed by atoms with Crippen LogP contribution in [0.5, 0.6) is 0 Å². The molecule has 1 aliphatic heterocycles. The maximum Gasteiger partial charge on any atom is 0.254 e. The molecule has 1 heterocycles. The van der Waals surface area contributed by atoms with Crippen LogP contribution in [0.25, 0.3) is 0 Å². The topological polar surface area (TPSA) is 32.3 Å². The predicted molar refractivity (Wildman–Crippen MR) is 81.8 cm³/mol. The first-order valence-corrected chi connectivity index (χ1v) is 7.71. The van der Waals surface area contributed by atoms with E-state index in [1.165, 1.54) is 6.42 Å². The van der Waals surface area contributed by atoms with Crippen molar-refractivity contribution in [1.82, 2.24) is 10.2 Å². The third-order valence-electron chi connectivity index (χ3n) is 3.49. The van der Waals surface area contributed by atoms with Gasteiger partial charge in [-0.1, -0.05) is 11.6 Å².